The van der Waals surface area contributed by atoms with Gasteiger partial charge in [-0.25, -0.2) is 0 Å². The zero-order valence-corrected chi connectivity index (χ0v) is 15.0. The summed E-state index contributed by atoms with van der Waals surface area (Å²) >= 11 is 0. The number of amides is 1. The minimum absolute atomic E-state index is 0.0239. The molecule has 0 bridgehead atoms. The molecule has 4 rings (SSSR count). The summed E-state index contributed by atoms with van der Waals surface area (Å²) in [5.74, 6) is 0.567. The lowest BCUT2D eigenvalue weighted by Gasteiger charge is -2.44. The van der Waals surface area contributed by atoms with E-state index in [1.807, 2.05) is 0 Å². The van der Waals surface area contributed by atoms with E-state index < -0.39 is 5.41 Å². The summed E-state index contributed by atoms with van der Waals surface area (Å²) in [7, 11) is 0. The number of carbonyl (C=O) groups excluding carboxylic acids is 1. The molecular weight excluding hydrogens is 298 g/mol. The Hall–Kier alpha value is -1.08. The van der Waals surface area contributed by atoms with E-state index in [1.54, 1.807) is 0 Å². The van der Waals surface area contributed by atoms with E-state index >= 15 is 0 Å². The highest BCUT2D eigenvalue weighted by atomic mass is 16.2. The van der Waals surface area contributed by atoms with E-state index in [0.29, 0.717) is 5.92 Å². The second kappa shape index (κ2) is 6.02. The Morgan fingerprint density at radius 1 is 1.21 bits per heavy atom. The van der Waals surface area contributed by atoms with Crippen LogP contribution in [-0.4, -0.2) is 36.0 Å². The Morgan fingerprint density at radius 3 is 2.58 bits per heavy atom. The second-order valence-electron chi connectivity index (χ2n) is 8.93. The topological polar surface area (TPSA) is 56.1 Å². The average Bonchev–Trinajstić information content (AvgIpc) is 2.92. The molecule has 4 nitrogen and oxygen atoms in total. The van der Waals surface area contributed by atoms with Crippen molar-refractivity contribution in [2.75, 3.05) is 13.1 Å². The molecule has 3 atom stereocenters. The van der Waals surface area contributed by atoms with Gasteiger partial charge in [0.2, 0.25) is 5.91 Å². The zero-order valence-electron chi connectivity index (χ0n) is 15.0. The molecule has 0 aromatic carbocycles. The Labute approximate surface area is 146 Å². The van der Waals surface area contributed by atoms with Crippen LogP contribution in [0.3, 0.4) is 0 Å². The van der Waals surface area contributed by atoms with E-state index in [0.717, 1.165) is 31.8 Å². The summed E-state index contributed by atoms with van der Waals surface area (Å²) in [5, 5.41) is 13.0. The van der Waals surface area contributed by atoms with Crippen LogP contribution in [0.25, 0.3) is 0 Å². The highest BCUT2D eigenvalue weighted by Gasteiger charge is 2.72. The maximum absolute atomic E-state index is 12.9. The summed E-state index contributed by atoms with van der Waals surface area (Å²) in [4.78, 5) is 15.6. The molecule has 1 saturated heterocycles. The molecule has 132 valence electrons. The van der Waals surface area contributed by atoms with Crippen molar-refractivity contribution in [2.24, 2.45) is 16.7 Å². The minimum atomic E-state index is -0.708. The molecule has 1 aliphatic heterocycles. The molecule has 4 heteroatoms. The van der Waals surface area contributed by atoms with Crippen molar-refractivity contribution < 1.29 is 4.79 Å². The highest BCUT2D eigenvalue weighted by molar-refractivity contribution is 5.90. The van der Waals surface area contributed by atoms with Crippen molar-refractivity contribution in [3.05, 3.63) is 0 Å². The van der Waals surface area contributed by atoms with Gasteiger partial charge in [0.1, 0.15) is 5.41 Å². The van der Waals surface area contributed by atoms with Gasteiger partial charge in [-0.2, -0.15) is 5.26 Å². The molecule has 1 N–H and O–H groups in total. The number of nitrogens with zero attached hydrogens (tertiary/aromatic N) is 2. The molecule has 3 saturated carbocycles. The van der Waals surface area contributed by atoms with Gasteiger partial charge in [-0.3, -0.25) is 4.79 Å². The predicted octanol–water partition coefficient (Wildman–Crippen LogP) is 3.23. The number of nitrogens with one attached hydrogen (secondary N) is 1. The molecule has 3 aliphatic carbocycles. The van der Waals surface area contributed by atoms with Gasteiger partial charge in [-0.15, -0.1) is 0 Å². The maximum Gasteiger partial charge on any atom is 0.241 e. The molecule has 0 radical (unpaired) electrons. The van der Waals surface area contributed by atoms with Gasteiger partial charge in [-0.1, -0.05) is 19.3 Å². The number of nitriles is 1. The average molecular weight is 329 g/mol. The lowest BCUT2D eigenvalue weighted by molar-refractivity contribution is -0.126. The van der Waals surface area contributed by atoms with Crippen LogP contribution in [0.1, 0.15) is 71.1 Å². The van der Waals surface area contributed by atoms with Crippen molar-refractivity contribution in [1.29, 1.82) is 5.26 Å². The van der Waals surface area contributed by atoms with Gasteiger partial charge < -0.3 is 10.2 Å². The monoisotopic (exact) mass is 329 g/mol. The van der Waals surface area contributed by atoms with Crippen molar-refractivity contribution in [1.82, 2.24) is 10.2 Å². The van der Waals surface area contributed by atoms with Crippen LogP contribution >= 0.6 is 0 Å². The quantitative estimate of drug-likeness (QED) is 0.861. The summed E-state index contributed by atoms with van der Waals surface area (Å²) < 4.78 is 0. The number of rotatable bonds is 4. The summed E-state index contributed by atoms with van der Waals surface area (Å²) in [6.45, 7) is 4.51. The third kappa shape index (κ3) is 2.47. The number of carbonyl (C=O) groups is 1. The van der Waals surface area contributed by atoms with E-state index in [-0.39, 0.29) is 17.4 Å². The van der Waals surface area contributed by atoms with Crippen molar-refractivity contribution in [3.8, 4) is 6.07 Å². The van der Waals surface area contributed by atoms with Crippen LogP contribution in [0.4, 0.5) is 0 Å². The molecule has 1 spiro atoms. The summed E-state index contributed by atoms with van der Waals surface area (Å²) in [5.41, 5.74) is -0.684. The molecule has 24 heavy (non-hydrogen) atoms. The van der Waals surface area contributed by atoms with E-state index in [9.17, 15) is 10.1 Å². The molecule has 0 aromatic rings. The van der Waals surface area contributed by atoms with Gasteiger partial charge in [-0.05, 0) is 64.3 Å². The fourth-order valence-electron chi connectivity index (χ4n) is 5.63. The summed E-state index contributed by atoms with van der Waals surface area (Å²) in [6, 6.07) is 3.40. The van der Waals surface area contributed by atoms with Crippen LogP contribution in [0, 0.1) is 28.1 Å². The number of likely N-dealkylation sites (tertiary alicyclic amines) is 1. The summed E-state index contributed by atoms with van der Waals surface area (Å²) in [6.07, 6.45) is 11.9. The Morgan fingerprint density at radius 2 is 1.96 bits per heavy atom. The lowest BCUT2D eigenvalue weighted by atomic mass is 9.85. The SMILES string of the molecule is C[C@H](NC(=O)[C@]1(C#N)CC12CCCC2)[C@H]1CCCN(C2CCC2)C1. The Balaban J connectivity index is 1.36. The normalized spacial score (nSPS) is 36.8. The second-order valence-corrected chi connectivity index (χ2v) is 8.93. The van der Waals surface area contributed by atoms with Gasteiger partial charge in [0.15, 0.2) is 0 Å². The third-order valence-corrected chi connectivity index (χ3v) is 7.67. The maximum atomic E-state index is 12.9. The largest absolute Gasteiger partial charge is 0.352 e. The first-order valence-corrected chi connectivity index (χ1v) is 10.1. The molecule has 4 fully saturated rings. The van der Waals surface area contributed by atoms with Gasteiger partial charge in [0.25, 0.3) is 0 Å². The van der Waals surface area contributed by atoms with Crippen LogP contribution in [-0.2, 0) is 4.79 Å². The number of hydrogen-bond acceptors (Lipinski definition) is 3. The van der Waals surface area contributed by atoms with Gasteiger partial charge >= 0.3 is 0 Å². The van der Waals surface area contributed by atoms with E-state index in [4.69, 9.17) is 0 Å². The lowest BCUT2D eigenvalue weighted by Crippen LogP contribution is -2.51. The Kier molecular flexibility index (Phi) is 4.11. The van der Waals surface area contributed by atoms with Crippen LogP contribution in [0.5, 0.6) is 0 Å². The number of hydrogen-bond donors (Lipinski definition) is 1. The van der Waals surface area contributed by atoms with Crippen LogP contribution < -0.4 is 5.32 Å². The minimum Gasteiger partial charge on any atom is -0.352 e. The molecule has 1 amide bonds. The predicted molar refractivity (Wildman–Crippen MR) is 93.1 cm³/mol. The molecule has 0 unspecified atom stereocenters. The van der Waals surface area contributed by atoms with Gasteiger partial charge in [0.05, 0.1) is 6.07 Å². The third-order valence-electron chi connectivity index (χ3n) is 7.67. The van der Waals surface area contributed by atoms with E-state index in [1.165, 1.54) is 51.5 Å². The highest BCUT2D eigenvalue weighted by Crippen LogP contribution is 2.71. The van der Waals surface area contributed by atoms with Gasteiger partial charge in [0, 0.05) is 24.0 Å². The fraction of sp³-hybridized carbons (Fsp3) is 0.900. The fourth-order valence-corrected chi connectivity index (χ4v) is 5.63. The first-order valence-electron chi connectivity index (χ1n) is 10.1. The van der Waals surface area contributed by atoms with Crippen molar-refractivity contribution >= 4 is 5.91 Å². The van der Waals surface area contributed by atoms with E-state index in [2.05, 4.69) is 23.2 Å². The number of piperidine rings is 1. The van der Waals surface area contributed by atoms with Crippen molar-refractivity contribution in [2.45, 2.75) is 83.2 Å². The molecule has 1 heterocycles. The smallest absolute Gasteiger partial charge is 0.241 e. The molecule has 4 aliphatic rings. The molecule has 0 aromatic heterocycles. The first kappa shape index (κ1) is 16.4. The van der Waals surface area contributed by atoms with Crippen molar-refractivity contribution in [3.63, 3.8) is 0 Å². The first-order chi connectivity index (χ1) is 11.6. The van der Waals surface area contributed by atoms with Crippen LogP contribution in [0.15, 0.2) is 0 Å². The molecular formula is C20H31N3O. The zero-order chi connectivity index (χ0) is 16.8. The van der Waals surface area contributed by atoms with Crippen LogP contribution in [0.2, 0.25) is 0 Å². The standard InChI is InChI=1S/C20H31N3O/c1-15(16-6-5-11-23(12-16)17-7-4-8-17)22-18(24)20(14-21)13-19(20)9-2-3-10-19/h15-17H,2-13H2,1H3,(H,22,24)/t15-,16-,20+/m0/s1. The Bertz CT molecular complexity index is 544.